The third-order valence-corrected chi connectivity index (χ3v) is 5.13. The number of esters is 1. The fourth-order valence-corrected chi connectivity index (χ4v) is 3.74. The summed E-state index contributed by atoms with van der Waals surface area (Å²) in [7, 11) is 3.02. The Morgan fingerprint density at radius 1 is 1.27 bits per heavy atom. The van der Waals surface area contributed by atoms with E-state index < -0.39 is 23.2 Å². The lowest BCUT2D eigenvalue weighted by Gasteiger charge is -2.19. The summed E-state index contributed by atoms with van der Waals surface area (Å²) in [4.78, 5) is 37.8. The third-order valence-electron chi connectivity index (χ3n) is 3.63. The first kappa shape index (κ1) is 20.3. The number of hydrogen-bond acceptors (Lipinski definition) is 7. The van der Waals surface area contributed by atoms with Crippen LogP contribution in [0.4, 0.5) is 4.79 Å². The Labute approximate surface area is 163 Å². The molecule has 0 N–H and O–H groups in total. The van der Waals surface area contributed by atoms with Gasteiger partial charge in [0.2, 0.25) is 0 Å². The van der Waals surface area contributed by atoms with E-state index in [1.165, 1.54) is 21.1 Å². The van der Waals surface area contributed by atoms with Gasteiger partial charge in [-0.15, -0.1) is 0 Å². The van der Waals surface area contributed by atoms with Gasteiger partial charge in [-0.25, -0.2) is 4.79 Å². The molecule has 0 radical (unpaired) electrons. The van der Waals surface area contributed by atoms with Gasteiger partial charge in [0.25, 0.3) is 11.1 Å². The molecule has 0 saturated carbocycles. The first-order valence-electron chi connectivity index (χ1n) is 7.69. The predicted octanol–water partition coefficient (Wildman–Crippen LogP) is 3.45. The van der Waals surface area contributed by atoms with Crippen molar-refractivity contribution in [2.75, 3.05) is 20.8 Å². The van der Waals surface area contributed by atoms with E-state index in [0.29, 0.717) is 21.5 Å². The van der Waals surface area contributed by atoms with Crippen LogP contribution < -0.4 is 9.47 Å². The molecular formula is C17H18BrNO6S. The van der Waals surface area contributed by atoms with Gasteiger partial charge in [0.05, 0.1) is 30.2 Å². The quantitative estimate of drug-likeness (QED) is 0.491. The Morgan fingerprint density at radius 2 is 1.92 bits per heavy atom. The Morgan fingerprint density at radius 3 is 2.50 bits per heavy atom. The third kappa shape index (κ3) is 4.04. The SMILES string of the molecule is CCOC(=O)C(C)N1C(=O)S/C(=C\c2cc(Br)c(OC)cc2OC)C1=O. The smallest absolute Gasteiger partial charge is 0.329 e. The van der Waals surface area contributed by atoms with Gasteiger partial charge in [-0.2, -0.15) is 0 Å². The van der Waals surface area contributed by atoms with E-state index in [-0.39, 0.29) is 11.5 Å². The number of halogens is 1. The number of benzene rings is 1. The Bertz CT molecular complexity index is 779. The second-order valence-corrected chi connectivity index (χ2v) is 7.06. The summed E-state index contributed by atoms with van der Waals surface area (Å²) in [5.74, 6) is -0.117. The highest BCUT2D eigenvalue weighted by atomic mass is 79.9. The minimum Gasteiger partial charge on any atom is -0.496 e. The zero-order chi connectivity index (χ0) is 19.4. The van der Waals surface area contributed by atoms with E-state index in [1.54, 1.807) is 25.1 Å². The topological polar surface area (TPSA) is 82.1 Å². The molecule has 1 aliphatic rings. The Kier molecular flexibility index (Phi) is 6.71. The number of imide groups is 1. The van der Waals surface area contributed by atoms with Gasteiger partial charge in [-0.05, 0) is 53.7 Å². The van der Waals surface area contributed by atoms with Crippen LogP contribution in [0.2, 0.25) is 0 Å². The molecule has 26 heavy (non-hydrogen) atoms. The number of rotatable bonds is 6. The van der Waals surface area contributed by atoms with Crippen molar-refractivity contribution in [3.8, 4) is 11.5 Å². The van der Waals surface area contributed by atoms with Crippen molar-refractivity contribution in [2.45, 2.75) is 19.9 Å². The number of amides is 2. The molecule has 1 atom stereocenters. The molecule has 0 aliphatic carbocycles. The monoisotopic (exact) mass is 443 g/mol. The van der Waals surface area contributed by atoms with Crippen molar-refractivity contribution >= 4 is 50.9 Å². The summed E-state index contributed by atoms with van der Waals surface area (Å²) in [6.07, 6.45) is 1.55. The molecule has 140 valence electrons. The zero-order valence-electron chi connectivity index (χ0n) is 14.7. The van der Waals surface area contributed by atoms with Gasteiger partial charge in [-0.3, -0.25) is 14.5 Å². The molecule has 1 fully saturated rings. The Hall–Kier alpha value is -2.00. The van der Waals surface area contributed by atoms with Crippen molar-refractivity contribution in [3.63, 3.8) is 0 Å². The second-order valence-electron chi connectivity index (χ2n) is 5.21. The number of thioether (sulfide) groups is 1. The standard InChI is InChI=1S/C17H18BrNO6S/c1-5-25-16(21)9(2)19-15(20)14(26-17(19)22)7-10-6-11(18)13(24-4)8-12(10)23-3/h6-9H,5H2,1-4H3/b14-7-. The van der Waals surface area contributed by atoms with E-state index >= 15 is 0 Å². The fourth-order valence-electron chi connectivity index (χ4n) is 2.32. The maximum absolute atomic E-state index is 12.6. The van der Waals surface area contributed by atoms with Crippen LogP contribution in [0, 0.1) is 0 Å². The first-order valence-corrected chi connectivity index (χ1v) is 9.30. The summed E-state index contributed by atoms with van der Waals surface area (Å²) in [5, 5.41) is -0.520. The minimum atomic E-state index is -0.988. The molecule has 0 bridgehead atoms. The number of carbonyl (C=O) groups excluding carboxylic acids is 3. The lowest BCUT2D eigenvalue weighted by atomic mass is 10.1. The predicted molar refractivity (Wildman–Crippen MR) is 101 cm³/mol. The van der Waals surface area contributed by atoms with Gasteiger partial charge in [0.1, 0.15) is 17.5 Å². The maximum atomic E-state index is 12.6. The second kappa shape index (κ2) is 8.59. The average molecular weight is 444 g/mol. The summed E-state index contributed by atoms with van der Waals surface area (Å²) in [6, 6.07) is 2.40. The van der Waals surface area contributed by atoms with E-state index in [4.69, 9.17) is 14.2 Å². The van der Waals surface area contributed by atoms with Crippen molar-refractivity contribution in [2.24, 2.45) is 0 Å². The van der Waals surface area contributed by atoms with Crippen molar-refractivity contribution < 1.29 is 28.6 Å². The zero-order valence-corrected chi connectivity index (χ0v) is 17.1. The molecule has 7 nitrogen and oxygen atoms in total. The van der Waals surface area contributed by atoms with Crippen molar-refractivity contribution in [1.29, 1.82) is 0 Å². The van der Waals surface area contributed by atoms with Gasteiger partial charge >= 0.3 is 5.97 Å². The van der Waals surface area contributed by atoms with E-state index in [0.717, 1.165) is 16.7 Å². The Balaban J connectivity index is 2.36. The number of carbonyl (C=O) groups is 3. The van der Waals surface area contributed by atoms with Gasteiger partial charge in [0, 0.05) is 11.6 Å². The molecule has 1 aliphatic heterocycles. The summed E-state index contributed by atoms with van der Waals surface area (Å²) >= 11 is 4.14. The largest absolute Gasteiger partial charge is 0.496 e. The molecule has 2 rings (SSSR count). The number of methoxy groups -OCH3 is 2. The molecule has 1 heterocycles. The van der Waals surface area contributed by atoms with Gasteiger partial charge < -0.3 is 14.2 Å². The highest BCUT2D eigenvalue weighted by Crippen LogP contribution is 2.38. The summed E-state index contributed by atoms with van der Waals surface area (Å²) in [5.41, 5.74) is 0.592. The lowest BCUT2D eigenvalue weighted by molar-refractivity contribution is -0.150. The van der Waals surface area contributed by atoms with Crippen LogP contribution in [0.25, 0.3) is 6.08 Å². The molecule has 0 spiro atoms. The molecule has 9 heteroatoms. The average Bonchev–Trinajstić information content (AvgIpc) is 2.88. The highest BCUT2D eigenvalue weighted by Gasteiger charge is 2.41. The van der Waals surface area contributed by atoms with Crippen LogP contribution in [-0.4, -0.2) is 48.9 Å². The van der Waals surface area contributed by atoms with Gasteiger partial charge in [0.15, 0.2) is 0 Å². The van der Waals surface area contributed by atoms with E-state index in [9.17, 15) is 14.4 Å². The first-order chi connectivity index (χ1) is 12.3. The summed E-state index contributed by atoms with van der Waals surface area (Å²) < 4.78 is 16.1. The van der Waals surface area contributed by atoms with Crippen LogP contribution >= 0.6 is 27.7 Å². The normalized spacial score (nSPS) is 16.8. The highest BCUT2D eigenvalue weighted by molar-refractivity contribution is 9.10. The molecular weight excluding hydrogens is 426 g/mol. The number of ether oxygens (including phenoxy) is 3. The molecule has 0 aromatic heterocycles. The van der Waals surface area contributed by atoms with Crippen LogP contribution in [0.5, 0.6) is 11.5 Å². The molecule has 1 unspecified atom stereocenters. The number of hydrogen-bond donors (Lipinski definition) is 0. The van der Waals surface area contributed by atoms with E-state index in [1.807, 2.05) is 0 Å². The summed E-state index contributed by atoms with van der Waals surface area (Å²) in [6.45, 7) is 3.29. The maximum Gasteiger partial charge on any atom is 0.329 e. The van der Waals surface area contributed by atoms with Crippen LogP contribution in [0.15, 0.2) is 21.5 Å². The molecule has 1 aromatic carbocycles. The lowest BCUT2D eigenvalue weighted by Crippen LogP contribution is -2.42. The van der Waals surface area contributed by atoms with Crippen molar-refractivity contribution in [3.05, 3.63) is 27.1 Å². The van der Waals surface area contributed by atoms with E-state index in [2.05, 4.69) is 15.9 Å². The minimum absolute atomic E-state index is 0.173. The van der Waals surface area contributed by atoms with Gasteiger partial charge in [-0.1, -0.05) is 0 Å². The fraction of sp³-hybridized carbons (Fsp3) is 0.353. The number of nitrogens with zero attached hydrogens (tertiary/aromatic N) is 1. The molecule has 1 aromatic rings. The molecule has 2 amide bonds. The van der Waals surface area contributed by atoms with Crippen molar-refractivity contribution in [1.82, 2.24) is 4.90 Å². The van der Waals surface area contributed by atoms with Crippen LogP contribution in [0.1, 0.15) is 19.4 Å². The molecule has 1 saturated heterocycles. The van der Waals surface area contributed by atoms with Crippen LogP contribution in [0.3, 0.4) is 0 Å². The van der Waals surface area contributed by atoms with Crippen LogP contribution in [-0.2, 0) is 14.3 Å².